The van der Waals surface area contributed by atoms with Crippen molar-refractivity contribution in [3.8, 4) is 6.07 Å². The van der Waals surface area contributed by atoms with Crippen LogP contribution in [-0.2, 0) is 4.79 Å². The lowest BCUT2D eigenvalue weighted by atomic mass is 9.82. The quantitative estimate of drug-likeness (QED) is 0.736. The molecule has 0 aromatic rings. The van der Waals surface area contributed by atoms with Crippen LogP contribution in [0.2, 0.25) is 0 Å². The minimum atomic E-state index is -0.425. The van der Waals surface area contributed by atoms with Gasteiger partial charge in [0.25, 0.3) is 0 Å². The van der Waals surface area contributed by atoms with Gasteiger partial charge >= 0.3 is 0 Å². The van der Waals surface area contributed by atoms with Crippen molar-refractivity contribution < 1.29 is 4.79 Å². The fourth-order valence-electron chi connectivity index (χ4n) is 2.08. The summed E-state index contributed by atoms with van der Waals surface area (Å²) < 4.78 is 0. The van der Waals surface area contributed by atoms with E-state index in [1.54, 1.807) is 0 Å². The Balaban J connectivity index is 2.53. The summed E-state index contributed by atoms with van der Waals surface area (Å²) in [5, 5.41) is 8.96. The van der Waals surface area contributed by atoms with Crippen LogP contribution in [-0.4, -0.2) is 23.9 Å². The Kier molecular flexibility index (Phi) is 4.35. The number of carbonyl (C=O) groups is 1. The van der Waals surface area contributed by atoms with E-state index < -0.39 is 5.92 Å². The Morgan fingerprint density at radius 3 is 2.44 bits per heavy atom. The van der Waals surface area contributed by atoms with Crippen molar-refractivity contribution in [2.75, 3.05) is 13.1 Å². The molecule has 1 unspecified atom stereocenters. The van der Waals surface area contributed by atoms with Gasteiger partial charge in [0.1, 0.15) is 5.92 Å². The van der Waals surface area contributed by atoms with Gasteiger partial charge in [-0.25, -0.2) is 0 Å². The zero-order valence-electron chi connectivity index (χ0n) is 10.6. The number of likely N-dealkylation sites (tertiary alicyclic amines) is 1. The van der Waals surface area contributed by atoms with Gasteiger partial charge in [-0.15, -0.1) is 0 Å². The van der Waals surface area contributed by atoms with Crippen LogP contribution in [0.3, 0.4) is 0 Å². The summed E-state index contributed by atoms with van der Waals surface area (Å²) in [7, 11) is 0. The number of hydrogen-bond acceptors (Lipinski definition) is 2. The van der Waals surface area contributed by atoms with Crippen LogP contribution in [0, 0.1) is 22.7 Å². The molecule has 1 atom stereocenters. The van der Waals surface area contributed by atoms with Crippen molar-refractivity contribution in [3.05, 3.63) is 0 Å². The molecule has 3 nitrogen and oxygen atoms in total. The van der Waals surface area contributed by atoms with E-state index in [0.717, 1.165) is 32.4 Å². The van der Waals surface area contributed by atoms with E-state index in [1.165, 1.54) is 0 Å². The van der Waals surface area contributed by atoms with Crippen LogP contribution in [0.1, 0.15) is 46.5 Å². The van der Waals surface area contributed by atoms with E-state index in [1.807, 2.05) is 11.8 Å². The van der Waals surface area contributed by atoms with Gasteiger partial charge in [0.15, 0.2) is 0 Å². The molecule has 1 aliphatic rings. The van der Waals surface area contributed by atoms with Gasteiger partial charge in [-0.05, 0) is 24.7 Å². The standard InChI is InChI=1S/C13H22N2O/c1-4-5-11(10-14)12(16)15-8-6-13(2,3)7-9-15/h11H,4-9H2,1-3H3. The predicted octanol–water partition coefficient (Wildman–Crippen LogP) is 2.57. The van der Waals surface area contributed by atoms with Crippen LogP contribution in [0.5, 0.6) is 0 Å². The average Bonchev–Trinajstić information content (AvgIpc) is 2.25. The van der Waals surface area contributed by atoms with Gasteiger partial charge in [0.2, 0.25) is 5.91 Å². The Bertz CT molecular complexity index is 281. The number of nitrogens with zero attached hydrogens (tertiary/aromatic N) is 2. The summed E-state index contributed by atoms with van der Waals surface area (Å²) in [5.74, 6) is -0.383. The molecular formula is C13H22N2O. The first kappa shape index (κ1) is 13.0. The molecule has 0 radical (unpaired) electrons. The van der Waals surface area contributed by atoms with E-state index in [9.17, 15) is 4.79 Å². The molecule has 1 aliphatic heterocycles. The average molecular weight is 222 g/mol. The molecule has 1 saturated heterocycles. The third kappa shape index (κ3) is 3.23. The lowest BCUT2D eigenvalue weighted by Gasteiger charge is -2.37. The summed E-state index contributed by atoms with van der Waals surface area (Å²) in [6, 6.07) is 2.13. The molecule has 0 aromatic heterocycles. The zero-order valence-corrected chi connectivity index (χ0v) is 10.6. The van der Waals surface area contributed by atoms with E-state index >= 15 is 0 Å². The van der Waals surface area contributed by atoms with Crippen molar-refractivity contribution in [1.29, 1.82) is 5.26 Å². The first-order valence-corrected chi connectivity index (χ1v) is 6.18. The Morgan fingerprint density at radius 1 is 1.44 bits per heavy atom. The minimum absolute atomic E-state index is 0.0415. The smallest absolute Gasteiger partial charge is 0.239 e. The molecule has 1 fully saturated rings. The molecule has 0 aliphatic carbocycles. The number of carbonyl (C=O) groups excluding carboxylic acids is 1. The van der Waals surface area contributed by atoms with Gasteiger partial charge < -0.3 is 4.90 Å². The maximum atomic E-state index is 12.0. The Morgan fingerprint density at radius 2 is 2.00 bits per heavy atom. The van der Waals surface area contributed by atoms with Crippen LogP contribution in [0.4, 0.5) is 0 Å². The maximum absolute atomic E-state index is 12.0. The predicted molar refractivity (Wildman–Crippen MR) is 63.6 cm³/mol. The normalized spacial score (nSPS) is 21.2. The second-order valence-electron chi connectivity index (χ2n) is 5.46. The zero-order chi connectivity index (χ0) is 12.2. The van der Waals surface area contributed by atoms with Crippen molar-refractivity contribution >= 4 is 5.91 Å². The van der Waals surface area contributed by atoms with E-state index in [2.05, 4.69) is 19.9 Å². The highest BCUT2D eigenvalue weighted by Gasteiger charge is 2.30. The molecule has 1 rings (SSSR count). The van der Waals surface area contributed by atoms with E-state index in [-0.39, 0.29) is 5.91 Å². The molecule has 1 heterocycles. The van der Waals surface area contributed by atoms with Gasteiger partial charge in [0, 0.05) is 13.1 Å². The lowest BCUT2D eigenvalue weighted by molar-refractivity contribution is -0.136. The molecule has 0 N–H and O–H groups in total. The largest absolute Gasteiger partial charge is 0.342 e. The fourth-order valence-corrected chi connectivity index (χ4v) is 2.08. The summed E-state index contributed by atoms with van der Waals surface area (Å²) in [4.78, 5) is 13.9. The lowest BCUT2D eigenvalue weighted by Crippen LogP contribution is -2.43. The first-order chi connectivity index (χ1) is 7.50. The van der Waals surface area contributed by atoms with Crippen molar-refractivity contribution in [1.82, 2.24) is 4.90 Å². The number of nitriles is 1. The van der Waals surface area contributed by atoms with Crippen LogP contribution < -0.4 is 0 Å². The Hall–Kier alpha value is -1.04. The van der Waals surface area contributed by atoms with Crippen LogP contribution in [0.25, 0.3) is 0 Å². The fraction of sp³-hybridized carbons (Fsp3) is 0.846. The minimum Gasteiger partial charge on any atom is -0.342 e. The third-order valence-electron chi connectivity index (χ3n) is 3.46. The molecule has 16 heavy (non-hydrogen) atoms. The summed E-state index contributed by atoms with van der Waals surface area (Å²) in [6.45, 7) is 8.11. The monoisotopic (exact) mass is 222 g/mol. The van der Waals surface area contributed by atoms with Crippen LogP contribution in [0.15, 0.2) is 0 Å². The molecular weight excluding hydrogens is 200 g/mol. The molecule has 1 amide bonds. The van der Waals surface area contributed by atoms with Gasteiger partial charge in [-0.1, -0.05) is 27.2 Å². The summed E-state index contributed by atoms with van der Waals surface area (Å²) in [5.41, 5.74) is 0.351. The molecule has 0 bridgehead atoms. The van der Waals surface area contributed by atoms with Crippen molar-refractivity contribution in [2.24, 2.45) is 11.3 Å². The highest BCUT2D eigenvalue weighted by Crippen LogP contribution is 2.30. The second-order valence-corrected chi connectivity index (χ2v) is 5.46. The maximum Gasteiger partial charge on any atom is 0.239 e. The van der Waals surface area contributed by atoms with Gasteiger partial charge in [0.05, 0.1) is 6.07 Å². The highest BCUT2D eigenvalue weighted by atomic mass is 16.2. The summed E-state index contributed by atoms with van der Waals surface area (Å²) >= 11 is 0. The highest BCUT2D eigenvalue weighted by molar-refractivity contribution is 5.81. The van der Waals surface area contributed by atoms with Gasteiger partial charge in [-0.3, -0.25) is 4.79 Å². The SMILES string of the molecule is CCCC(C#N)C(=O)N1CCC(C)(C)CC1. The molecule has 0 saturated carbocycles. The number of hydrogen-bond donors (Lipinski definition) is 0. The van der Waals surface area contributed by atoms with Crippen molar-refractivity contribution in [3.63, 3.8) is 0 Å². The van der Waals surface area contributed by atoms with Gasteiger partial charge in [-0.2, -0.15) is 5.26 Å². The molecule has 0 aromatic carbocycles. The Labute approximate surface area is 98.4 Å². The topological polar surface area (TPSA) is 44.1 Å². The number of rotatable bonds is 3. The number of piperidine rings is 1. The van der Waals surface area contributed by atoms with E-state index in [4.69, 9.17) is 5.26 Å². The molecule has 0 spiro atoms. The first-order valence-electron chi connectivity index (χ1n) is 6.18. The van der Waals surface area contributed by atoms with E-state index in [0.29, 0.717) is 11.8 Å². The van der Waals surface area contributed by atoms with Crippen molar-refractivity contribution in [2.45, 2.75) is 46.5 Å². The third-order valence-corrected chi connectivity index (χ3v) is 3.46. The van der Waals surface area contributed by atoms with Crippen LogP contribution >= 0.6 is 0 Å². The second kappa shape index (κ2) is 5.34. The number of amides is 1. The molecule has 3 heteroatoms. The molecule has 90 valence electrons. The summed E-state index contributed by atoms with van der Waals surface area (Å²) in [6.07, 6.45) is 3.67.